The van der Waals surface area contributed by atoms with Crippen LogP contribution >= 0.6 is 0 Å². The highest BCUT2D eigenvalue weighted by Gasteiger charge is 2.51. The number of hydrogen-bond acceptors (Lipinski definition) is 3. The normalized spacial score (nSPS) is 17.6. The van der Waals surface area contributed by atoms with E-state index < -0.39 is 8.32 Å². The Balaban J connectivity index is 1.63. The van der Waals surface area contributed by atoms with Crippen LogP contribution in [0.15, 0.2) is 103 Å². The first-order chi connectivity index (χ1) is 17.4. The number of hydrogen-bond donors (Lipinski definition) is 0. The van der Waals surface area contributed by atoms with Crippen LogP contribution in [0.2, 0.25) is 5.04 Å². The van der Waals surface area contributed by atoms with E-state index in [4.69, 9.17) is 9.16 Å². The van der Waals surface area contributed by atoms with Gasteiger partial charge >= 0.3 is 6.09 Å². The molecule has 0 aromatic heterocycles. The van der Waals surface area contributed by atoms with Crippen LogP contribution in [0.5, 0.6) is 0 Å². The Hall–Kier alpha value is -3.15. The summed E-state index contributed by atoms with van der Waals surface area (Å²) in [6, 6.07) is 31.1. The second kappa shape index (κ2) is 11.7. The average Bonchev–Trinajstić information content (AvgIpc) is 2.88. The summed E-state index contributed by atoms with van der Waals surface area (Å²) in [7, 11) is -2.71. The van der Waals surface area contributed by atoms with Crippen molar-refractivity contribution in [3.05, 3.63) is 109 Å². The molecule has 5 heteroatoms. The fraction of sp³-hybridized carbons (Fsp3) is 0.323. The first-order valence-electron chi connectivity index (χ1n) is 12.8. The van der Waals surface area contributed by atoms with Crippen molar-refractivity contribution in [1.29, 1.82) is 0 Å². The fourth-order valence-electron chi connectivity index (χ4n) is 5.01. The van der Waals surface area contributed by atoms with Crippen molar-refractivity contribution in [3.63, 3.8) is 0 Å². The molecule has 1 atom stereocenters. The fourth-order valence-corrected chi connectivity index (χ4v) is 9.72. The van der Waals surface area contributed by atoms with Gasteiger partial charge in [-0.1, -0.05) is 124 Å². The quantitative estimate of drug-likeness (QED) is 0.312. The molecular weight excluding hydrogens is 462 g/mol. The standard InChI is InChI=1S/C31H37NO3Si/c1-31(2,3)36(28-19-11-5-12-20-28,29-21-13-6-14-22-29)35-27-18-10-7-15-23-32(24-27)30(33)34-25-26-16-8-4-9-17-26/h4-9,11-17,19-22,27H,10,18,23-25H2,1-3H3/b15-7-/t27-/m1/s1. The molecule has 4 nitrogen and oxygen atoms in total. The van der Waals surface area contributed by atoms with Gasteiger partial charge < -0.3 is 14.1 Å². The molecular formula is C31H37NO3Si. The molecule has 188 valence electrons. The Bertz CT molecular complexity index is 1090. The van der Waals surface area contributed by atoms with E-state index in [2.05, 4.69) is 93.6 Å². The van der Waals surface area contributed by atoms with Gasteiger partial charge in [-0.15, -0.1) is 0 Å². The summed E-state index contributed by atoms with van der Waals surface area (Å²) in [5.74, 6) is 0. The van der Waals surface area contributed by atoms with Gasteiger partial charge in [-0.25, -0.2) is 4.79 Å². The average molecular weight is 500 g/mol. The molecule has 1 amide bonds. The summed E-state index contributed by atoms with van der Waals surface area (Å²) in [5.41, 5.74) is 0.980. The maximum Gasteiger partial charge on any atom is 0.410 e. The van der Waals surface area contributed by atoms with Gasteiger partial charge in [0, 0.05) is 13.1 Å². The Morgan fingerprint density at radius 3 is 1.97 bits per heavy atom. The first-order valence-corrected chi connectivity index (χ1v) is 14.7. The Labute approximate surface area is 216 Å². The molecule has 0 aliphatic carbocycles. The maximum atomic E-state index is 13.1. The van der Waals surface area contributed by atoms with Crippen LogP contribution in [0.1, 0.15) is 39.2 Å². The second-order valence-electron chi connectivity index (χ2n) is 10.4. The Kier molecular flexibility index (Phi) is 8.44. The number of allylic oxidation sites excluding steroid dienone is 1. The van der Waals surface area contributed by atoms with Crippen LogP contribution in [0.25, 0.3) is 0 Å². The molecule has 0 N–H and O–H groups in total. The largest absolute Gasteiger partial charge is 0.445 e. The highest BCUT2D eigenvalue weighted by molar-refractivity contribution is 6.99. The maximum absolute atomic E-state index is 13.1. The molecule has 0 radical (unpaired) electrons. The number of ether oxygens (including phenoxy) is 1. The lowest BCUT2D eigenvalue weighted by atomic mass is 10.1. The van der Waals surface area contributed by atoms with Crippen LogP contribution < -0.4 is 10.4 Å². The van der Waals surface area contributed by atoms with Crippen LogP contribution in [0.4, 0.5) is 4.79 Å². The molecule has 0 unspecified atom stereocenters. The summed E-state index contributed by atoms with van der Waals surface area (Å²) in [6.07, 6.45) is 5.58. The lowest BCUT2D eigenvalue weighted by Crippen LogP contribution is -2.68. The lowest BCUT2D eigenvalue weighted by Gasteiger charge is -2.46. The van der Waals surface area contributed by atoms with Gasteiger partial charge in [0.2, 0.25) is 0 Å². The number of nitrogens with zero attached hydrogens (tertiary/aromatic N) is 1. The third kappa shape index (κ3) is 5.97. The third-order valence-corrected chi connectivity index (χ3v) is 11.9. The van der Waals surface area contributed by atoms with E-state index in [1.165, 1.54) is 10.4 Å². The second-order valence-corrected chi connectivity index (χ2v) is 14.6. The van der Waals surface area contributed by atoms with E-state index in [9.17, 15) is 4.79 Å². The molecule has 0 saturated heterocycles. The topological polar surface area (TPSA) is 38.8 Å². The van der Waals surface area contributed by atoms with Crippen molar-refractivity contribution in [2.24, 2.45) is 0 Å². The van der Waals surface area contributed by atoms with Gasteiger partial charge in [0.25, 0.3) is 8.32 Å². The molecule has 3 aromatic rings. The number of carbonyl (C=O) groups is 1. The van der Waals surface area contributed by atoms with Gasteiger partial charge in [-0.3, -0.25) is 0 Å². The van der Waals surface area contributed by atoms with Crippen molar-refractivity contribution in [1.82, 2.24) is 4.90 Å². The lowest BCUT2D eigenvalue weighted by molar-refractivity contribution is 0.0742. The Morgan fingerprint density at radius 1 is 0.861 bits per heavy atom. The third-order valence-electron chi connectivity index (χ3n) is 6.80. The number of amides is 1. The van der Waals surface area contributed by atoms with Crippen molar-refractivity contribution in [3.8, 4) is 0 Å². The predicted octanol–water partition coefficient (Wildman–Crippen LogP) is 5.92. The Morgan fingerprint density at radius 2 is 1.42 bits per heavy atom. The van der Waals surface area contributed by atoms with Crippen molar-refractivity contribution < 1.29 is 14.0 Å². The minimum absolute atomic E-state index is 0.106. The molecule has 1 aliphatic rings. The molecule has 0 saturated carbocycles. The molecule has 0 fully saturated rings. The van der Waals surface area contributed by atoms with Gasteiger partial charge in [-0.05, 0) is 33.8 Å². The molecule has 4 rings (SSSR count). The summed E-state index contributed by atoms with van der Waals surface area (Å²) in [4.78, 5) is 14.9. The molecule has 0 bridgehead atoms. The van der Waals surface area contributed by atoms with Gasteiger partial charge in [0.1, 0.15) is 6.61 Å². The summed E-state index contributed by atoms with van der Waals surface area (Å²) in [6.45, 7) is 8.15. The number of carbonyl (C=O) groups excluding carboxylic acids is 1. The highest BCUT2D eigenvalue weighted by atomic mass is 28.4. The van der Waals surface area contributed by atoms with E-state index in [0.29, 0.717) is 13.1 Å². The zero-order valence-electron chi connectivity index (χ0n) is 21.6. The molecule has 1 heterocycles. The molecule has 3 aromatic carbocycles. The van der Waals surface area contributed by atoms with Crippen LogP contribution in [-0.4, -0.2) is 38.5 Å². The van der Waals surface area contributed by atoms with Gasteiger partial charge in [0.05, 0.1) is 6.10 Å². The van der Waals surface area contributed by atoms with Crippen molar-refractivity contribution in [2.75, 3.05) is 13.1 Å². The minimum Gasteiger partial charge on any atom is -0.445 e. The van der Waals surface area contributed by atoms with E-state index in [-0.39, 0.29) is 23.8 Å². The zero-order chi connectivity index (χ0) is 25.4. The number of benzene rings is 3. The van der Waals surface area contributed by atoms with Crippen molar-refractivity contribution >= 4 is 24.8 Å². The van der Waals surface area contributed by atoms with E-state index in [1.54, 1.807) is 4.90 Å². The van der Waals surface area contributed by atoms with Crippen LogP contribution in [0, 0.1) is 0 Å². The van der Waals surface area contributed by atoms with E-state index >= 15 is 0 Å². The summed E-state index contributed by atoms with van der Waals surface area (Å²) < 4.78 is 13.0. The SMILES string of the molecule is CC(C)(C)[Si](O[C@@H]1CC/C=C\CN(C(=O)OCc2ccccc2)C1)(c1ccccc1)c1ccccc1. The molecule has 0 spiro atoms. The summed E-state index contributed by atoms with van der Waals surface area (Å²) >= 11 is 0. The molecule has 36 heavy (non-hydrogen) atoms. The first kappa shape index (κ1) is 25.9. The predicted molar refractivity (Wildman–Crippen MR) is 149 cm³/mol. The van der Waals surface area contributed by atoms with Crippen molar-refractivity contribution in [2.45, 2.75) is 51.4 Å². The van der Waals surface area contributed by atoms with Gasteiger partial charge in [0.15, 0.2) is 0 Å². The van der Waals surface area contributed by atoms with Crippen LogP contribution in [-0.2, 0) is 15.8 Å². The van der Waals surface area contributed by atoms with E-state index in [0.717, 1.165) is 18.4 Å². The zero-order valence-corrected chi connectivity index (χ0v) is 22.6. The highest BCUT2D eigenvalue weighted by Crippen LogP contribution is 2.38. The smallest absolute Gasteiger partial charge is 0.410 e. The van der Waals surface area contributed by atoms with Crippen LogP contribution in [0.3, 0.4) is 0 Å². The van der Waals surface area contributed by atoms with Gasteiger partial charge in [-0.2, -0.15) is 0 Å². The minimum atomic E-state index is -2.71. The van der Waals surface area contributed by atoms with E-state index in [1.807, 2.05) is 30.3 Å². The molecule has 1 aliphatic heterocycles. The monoisotopic (exact) mass is 499 g/mol. The summed E-state index contributed by atoms with van der Waals surface area (Å²) in [5, 5.41) is 2.38. The number of rotatable bonds is 6.